The van der Waals surface area contributed by atoms with Crippen LogP contribution in [-0.2, 0) is 0 Å². The Bertz CT molecular complexity index is 508. The van der Waals surface area contributed by atoms with Crippen molar-refractivity contribution < 1.29 is 0 Å². The highest BCUT2D eigenvalue weighted by molar-refractivity contribution is 9.10. The summed E-state index contributed by atoms with van der Waals surface area (Å²) in [7, 11) is 0. The monoisotopic (exact) mass is 343 g/mol. The van der Waals surface area contributed by atoms with Gasteiger partial charge in [-0.25, -0.2) is 0 Å². The SMILES string of the molecule is CC(C)(C)CC1CN=C(N)N1c1ccc(Cl)c(Br)c1. The highest BCUT2D eigenvalue weighted by atomic mass is 79.9. The number of aliphatic imine (C=N–C) groups is 1. The summed E-state index contributed by atoms with van der Waals surface area (Å²) in [6, 6.07) is 6.16. The summed E-state index contributed by atoms with van der Waals surface area (Å²) in [5, 5.41) is 0.700. The fourth-order valence-electron chi connectivity index (χ4n) is 2.38. The van der Waals surface area contributed by atoms with Gasteiger partial charge in [0.15, 0.2) is 5.96 Å². The zero-order chi connectivity index (χ0) is 14.2. The van der Waals surface area contributed by atoms with Gasteiger partial charge in [-0.2, -0.15) is 0 Å². The van der Waals surface area contributed by atoms with E-state index in [0.717, 1.165) is 23.1 Å². The van der Waals surface area contributed by atoms with Crippen LogP contribution in [0.25, 0.3) is 0 Å². The second-order valence-corrected chi connectivity index (χ2v) is 7.35. The molecule has 0 saturated heterocycles. The van der Waals surface area contributed by atoms with Gasteiger partial charge in [-0.1, -0.05) is 32.4 Å². The van der Waals surface area contributed by atoms with Crippen LogP contribution in [0, 0.1) is 5.41 Å². The Labute approximate surface area is 128 Å². The first-order chi connectivity index (χ1) is 8.78. The number of nitrogens with two attached hydrogens (primary N) is 1. The van der Waals surface area contributed by atoms with Crippen LogP contribution in [0.3, 0.4) is 0 Å². The van der Waals surface area contributed by atoms with Crippen molar-refractivity contribution in [2.45, 2.75) is 33.2 Å². The highest BCUT2D eigenvalue weighted by Crippen LogP contribution is 2.33. The summed E-state index contributed by atoms with van der Waals surface area (Å²) < 4.78 is 0.876. The summed E-state index contributed by atoms with van der Waals surface area (Å²) >= 11 is 9.49. The second kappa shape index (κ2) is 5.33. The van der Waals surface area contributed by atoms with E-state index in [9.17, 15) is 0 Å². The predicted molar refractivity (Wildman–Crippen MR) is 86.0 cm³/mol. The minimum Gasteiger partial charge on any atom is -0.370 e. The Morgan fingerprint density at radius 1 is 1.47 bits per heavy atom. The minimum absolute atomic E-state index is 0.243. The number of hydrogen-bond donors (Lipinski definition) is 1. The first kappa shape index (κ1) is 14.7. The molecule has 5 heteroatoms. The molecule has 1 atom stereocenters. The van der Waals surface area contributed by atoms with Crippen LogP contribution in [0.4, 0.5) is 5.69 Å². The molecule has 3 nitrogen and oxygen atoms in total. The Morgan fingerprint density at radius 2 is 2.16 bits per heavy atom. The van der Waals surface area contributed by atoms with Crippen LogP contribution in [0.15, 0.2) is 27.7 Å². The van der Waals surface area contributed by atoms with Crippen molar-refractivity contribution in [2.75, 3.05) is 11.4 Å². The Morgan fingerprint density at radius 3 is 2.74 bits per heavy atom. The van der Waals surface area contributed by atoms with Gasteiger partial charge in [-0.15, -0.1) is 0 Å². The summed E-state index contributed by atoms with van der Waals surface area (Å²) in [5.74, 6) is 0.587. The largest absolute Gasteiger partial charge is 0.370 e. The first-order valence-electron chi connectivity index (χ1n) is 6.32. The molecule has 0 bridgehead atoms. The molecule has 1 aromatic rings. The number of rotatable bonds is 2. The maximum Gasteiger partial charge on any atom is 0.196 e. The number of halogens is 2. The summed E-state index contributed by atoms with van der Waals surface area (Å²) in [5.41, 5.74) is 7.31. The number of benzene rings is 1. The molecule has 2 N–H and O–H groups in total. The van der Waals surface area contributed by atoms with Gasteiger partial charge >= 0.3 is 0 Å². The molecule has 0 radical (unpaired) electrons. The van der Waals surface area contributed by atoms with Crippen molar-refractivity contribution in [1.82, 2.24) is 0 Å². The van der Waals surface area contributed by atoms with E-state index in [1.54, 1.807) is 0 Å². The fourth-order valence-corrected chi connectivity index (χ4v) is 2.87. The van der Waals surface area contributed by atoms with Crippen molar-refractivity contribution in [1.29, 1.82) is 0 Å². The molecule has 0 amide bonds. The van der Waals surface area contributed by atoms with E-state index in [1.807, 2.05) is 18.2 Å². The zero-order valence-corrected chi connectivity index (χ0v) is 13.8. The molecule has 19 heavy (non-hydrogen) atoms. The molecular weight excluding hydrogens is 326 g/mol. The molecule has 0 spiro atoms. The van der Waals surface area contributed by atoms with Crippen LogP contribution in [0.5, 0.6) is 0 Å². The molecule has 2 rings (SSSR count). The van der Waals surface area contributed by atoms with Crippen LogP contribution in [0.2, 0.25) is 5.02 Å². The molecule has 1 aromatic carbocycles. The lowest BCUT2D eigenvalue weighted by molar-refractivity contribution is 0.347. The van der Waals surface area contributed by atoms with Crippen LogP contribution in [-0.4, -0.2) is 18.5 Å². The number of hydrogen-bond acceptors (Lipinski definition) is 3. The number of nitrogens with zero attached hydrogens (tertiary/aromatic N) is 2. The van der Waals surface area contributed by atoms with Crippen molar-refractivity contribution >= 4 is 39.2 Å². The fraction of sp³-hybridized carbons (Fsp3) is 0.500. The minimum atomic E-state index is 0.243. The average molecular weight is 345 g/mol. The topological polar surface area (TPSA) is 41.6 Å². The van der Waals surface area contributed by atoms with Crippen LogP contribution >= 0.6 is 27.5 Å². The predicted octanol–water partition coefficient (Wildman–Crippen LogP) is 4.04. The summed E-state index contributed by atoms with van der Waals surface area (Å²) in [4.78, 5) is 6.49. The van der Waals surface area contributed by atoms with Crippen molar-refractivity contribution in [2.24, 2.45) is 16.1 Å². The quantitative estimate of drug-likeness (QED) is 0.879. The van der Waals surface area contributed by atoms with Gasteiger partial charge in [0.25, 0.3) is 0 Å². The third kappa shape index (κ3) is 3.42. The Kier molecular flexibility index (Phi) is 4.11. The lowest BCUT2D eigenvalue weighted by atomic mass is 9.87. The third-order valence-corrected chi connectivity index (χ3v) is 4.32. The van der Waals surface area contributed by atoms with Crippen LogP contribution in [0.1, 0.15) is 27.2 Å². The molecule has 0 fully saturated rings. The molecule has 0 saturated carbocycles. The molecule has 0 aromatic heterocycles. The number of anilines is 1. The van der Waals surface area contributed by atoms with E-state index >= 15 is 0 Å². The van der Waals surface area contributed by atoms with Crippen molar-refractivity contribution in [3.05, 3.63) is 27.7 Å². The van der Waals surface area contributed by atoms with Gasteiger partial charge in [0.2, 0.25) is 0 Å². The second-order valence-electron chi connectivity index (χ2n) is 6.09. The van der Waals surface area contributed by atoms with Gasteiger partial charge < -0.3 is 10.6 Å². The first-order valence-corrected chi connectivity index (χ1v) is 7.49. The maximum absolute atomic E-state index is 6.04. The lowest BCUT2D eigenvalue weighted by Gasteiger charge is -2.31. The van der Waals surface area contributed by atoms with E-state index in [4.69, 9.17) is 17.3 Å². The zero-order valence-electron chi connectivity index (χ0n) is 11.5. The molecule has 1 aliphatic rings. The van der Waals surface area contributed by atoms with Crippen molar-refractivity contribution in [3.63, 3.8) is 0 Å². The highest BCUT2D eigenvalue weighted by Gasteiger charge is 2.31. The average Bonchev–Trinajstić information content (AvgIpc) is 2.62. The number of guanidine groups is 1. The molecule has 1 aliphatic heterocycles. The summed E-state index contributed by atoms with van der Waals surface area (Å²) in [6.07, 6.45) is 1.04. The lowest BCUT2D eigenvalue weighted by Crippen LogP contribution is -2.42. The van der Waals surface area contributed by atoms with Gasteiger partial charge in [-0.3, -0.25) is 4.99 Å². The molecular formula is C14H19BrClN3. The molecule has 1 heterocycles. The van der Waals surface area contributed by atoms with Gasteiger partial charge in [-0.05, 0) is 46.0 Å². The van der Waals surface area contributed by atoms with Gasteiger partial charge in [0.05, 0.1) is 17.6 Å². The molecule has 104 valence electrons. The van der Waals surface area contributed by atoms with Crippen molar-refractivity contribution in [3.8, 4) is 0 Å². The van der Waals surface area contributed by atoms with Gasteiger partial charge in [0.1, 0.15) is 0 Å². The van der Waals surface area contributed by atoms with Gasteiger partial charge in [0, 0.05) is 10.2 Å². The van der Waals surface area contributed by atoms with E-state index < -0.39 is 0 Å². The molecule has 1 unspecified atom stereocenters. The normalized spacial score (nSPS) is 19.7. The maximum atomic E-state index is 6.04. The Hall–Kier alpha value is -0.740. The van der Waals surface area contributed by atoms with E-state index in [-0.39, 0.29) is 5.41 Å². The van der Waals surface area contributed by atoms with E-state index in [1.165, 1.54) is 0 Å². The van der Waals surface area contributed by atoms with Crippen LogP contribution < -0.4 is 10.6 Å². The molecule has 0 aliphatic carbocycles. The Balaban J connectivity index is 2.28. The van der Waals surface area contributed by atoms with E-state index in [2.05, 4.69) is 46.6 Å². The third-order valence-electron chi connectivity index (χ3n) is 3.11. The summed E-state index contributed by atoms with van der Waals surface area (Å²) in [6.45, 7) is 7.45. The van der Waals surface area contributed by atoms with E-state index in [0.29, 0.717) is 17.0 Å². The standard InChI is InChI=1S/C14H19BrClN3/c1-14(2,3)7-10-8-18-13(17)19(10)9-4-5-12(16)11(15)6-9/h4-6,10H,7-8H2,1-3H3,(H2,17,18). The smallest absolute Gasteiger partial charge is 0.196 e.